The Balaban J connectivity index is 1.46. The molecule has 1 saturated carbocycles. The summed E-state index contributed by atoms with van der Waals surface area (Å²) >= 11 is 0. The van der Waals surface area contributed by atoms with Crippen molar-refractivity contribution in [2.24, 2.45) is 0 Å². The predicted molar refractivity (Wildman–Crippen MR) is 66.6 cm³/mol. The van der Waals surface area contributed by atoms with Crippen LogP contribution >= 0.6 is 0 Å². The first-order chi connectivity index (χ1) is 7.90. The van der Waals surface area contributed by atoms with Crippen molar-refractivity contribution >= 4 is 0 Å². The molecular weight excluding hydrogens is 200 g/mol. The van der Waals surface area contributed by atoms with Crippen LogP contribution in [0.25, 0.3) is 0 Å². The van der Waals surface area contributed by atoms with Crippen LogP contribution < -0.4 is 5.32 Å². The van der Waals surface area contributed by atoms with Crippen LogP contribution in [0.15, 0.2) is 12.7 Å². The molecule has 0 spiro atoms. The minimum absolute atomic E-state index is 0.698. The molecule has 92 valence electrons. The van der Waals surface area contributed by atoms with Gasteiger partial charge in [0.25, 0.3) is 0 Å². The van der Waals surface area contributed by atoms with E-state index in [1.165, 1.54) is 32.4 Å². The Morgan fingerprint density at radius 1 is 1.31 bits per heavy atom. The van der Waals surface area contributed by atoms with E-state index in [4.69, 9.17) is 4.74 Å². The standard InChI is InChI=1S/C13H24N2O/c1-2-3-9-16-10-7-14-12-6-8-15(11-12)13-4-5-13/h2,12-14H,1,3-11H2. The SMILES string of the molecule is C=CCCOCCNC1CCN(C2CC2)C1. The maximum Gasteiger partial charge on any atom is 0.0591 e. The van der Waals surface area contributed by atoms with E-state index in [0.717, 1.165) is 32.2 Å². The minimum atomic E-state index is 0.698. The molecule has 1 unspecified atom stereocenters. The molecule has 1 aliphatic heterocycles. The molecule has 2 aliphatic rings. The zero-order valence-corrected chi connectivity index (χ0v) is 10.2. The maximum absolute atomic E-state index is 5.47. The van der Waals surface area contributed by atoms with Crippen molar-refractivity contribution in [2.45, 2.75) is 37.8 Å². The second-order valence-electron chi connectivity index (χ2n) is 4.86. The summed E-state index contributed by atoms with van der Waals surface area (Å²) in [6, 6.07) is 1.62. The highest BCUT2D eigenvalue weighted by atomic mass is 16.5. The number of nitrogens with zero attached hydrogens (tertiary/aromatic N) is 1. The predicted octanol–water partition coefficient (Wildman–Crippen LogP) is 1.41. The lowest BCUT2D eigenvalue weighted by Gasteiger charge is -2.15. The second-order valence-corrected chi connectivity index (χ2v) is 4.86. The van der Waals surface area contributed by atoms with Crippen molar-refractivity contribution in [3.05, 3.63) is 12.7 Å². The van der Waals surface area contributed by atoms with Gasteiger partial charge in [0, 0.05) is 31.7 Å². The number of nitrogens with one attached hydrogen (secondary N) is 1. The fourth-order valence-electron chi connectivity index (χ4n) is 2.33. The molecule has 0 radical (unpaired) electrons. The number of hydrogen-bond acceptors (Lipinski definition) is 3. The summed E-state index contributed by atoms with van der Waals surface area (Å²) in [7, 11) is 0. The first-order valence-corrected chi connectivity index (χ1v) is 6.56. The number of likely N-dealkylation sites (tertiary alicyclic amines) is 1. The summed E-state index contributed by atoms with van der Waals surface area (Å²) in [5.41, 5.74) is 0. The van der Waals surface area contributed by atoms with Crippen LogP contribution in [0.5, 0.6) is 0 Å². The van der Waals surface area contributed by atoms with Gasteiger partial charge in [0.05, 0.1) is 13.2 Å². The molecule has 1 heterocycles. The average Bonchev–Trinajstić information content (AvgIpc) is 3.04. The van der Waals surface area contributed by atoms with Crippen molar-refractivity contribution in [3.8, 4) is 0 Å². The Bertz CT molecular complexity index is 216. The molecule has 2 rings (SSSR count). The van der Waals surface area contributed by atoms with Crippen LogP contribution in [0.2, 0.25) is 0 Å². The number of rotatable bonds is 8. The first-order valence-electron chi connectivity index (χ1n) is 6.56. The Morgan fingerprint density at radius 2 is 2.19 bits per heavy atom. The third-order valence-electron chi connectivity index (χ3n) is 3.43. The topological polar surface area (TPSA) is 24.5 Å². The molecule has 1 atom stereocenters. The maximum atomic E-state index is 5.47. The lowest BCUT2D eigenvalue weighted by atomic mass is 10.3. The zero-order chi connectivity index (χ0) is 11.2. The van der Waals surface area contributed by atoms with Crippen LogP contribution in [0.4, 0.5) is 0 Å². The molecule has 1 saturated heterocycles. The van der Waals surface area contributed by atoms with E-state index in [-0.39, 0.29) is 0 Å². The smallest absolute Gasteiger partial charge is 0.0591 e. The van der Waals surface area contributed by atoms with E-state index >= 15 is 0 Å². The summed E-state index contributed by atoms with van der Waals surface area (Å²) < 4.78 is 5.47. The lowest BCUT2D eigenvalue weighted by molar-refractivity contribution is 0.138. The van der Waals surface area contributed by atoms with Gasteiger partial charge in [0.2, 0.25) is 0 Å². The van der Waals surface area contributed by atoms with Crippen molar-refractivity contribution in [1.29, 1.82) is 0 Å². The lowest BCUT2D eigenvalue weighted by Crippen LogP contribution is -2.35. The van der Waals surface area contributed by atoms with Crippen molar-refractivity contribution in [2.75, 3.05) is 32.8 Å². The van der Waals surface area contributed by atoms with Crippen molar-refractivity contribution in [3.63, 3.8) is 0 Å². The van der Waals surface area contributed by atoms with Gasteiger partial charge in [-0.1, -0.05) is 6.08 Å². The van der Waals surface area contributed by atoms with Gasteiger partial charge >= 0.3 is 0 Å². The fraction of sp³-hybridized carbons (Fsp3) is 0.846. The molecule has 1 aliphatic carbocycles. The highest BCUT2D eigenvalue weighted by Gasteiger charge is 2.33. The molecule has 0 amide bonds. The van der Waals surface area contributed by atoms with Gasteiger partial charge in [-0.05, 0) is 25.7 Å². The normalized spacial score (nSPS) is 26.1. The van der Waals surface area contributed by atoms with E-state index in [1.807, 2.05) is 6.08 Å². The third kappa shape index (κ3) is 3.89. The Hall–Kier alpha value is -0.380. The van der Waals surface area contributed by atoms with Crippen molar-refractivity contribution in [1.82, 2.24) is 10.2 Å². The van der Waals surface area contributed by atoms with Gasteiger partial charge in [-0.25, -0.2) is 0 Å². The van der Waals surface area contributed by atoms with Gasteiger partial charge < -0.3 is 10.1 Å². The van der Waals surface area contributed by atoms with E-state index < -0.39 is 0 Å². The van der Waals surface area contributed by atoms with Gasteiger partial charge in [0.15, 0.2) is 0 Å². The molecule has 0 aromatic heterocycles. The molecule has 0 bridgehead atoms. The number of ether oxygens (including phenoxy) is 1. The molecule has 1 N–H and O–H groups in total. The van der Waals surface area contributed by atoms with Crippen LogP contribution in [-0.4, -0.2) is 49.8 Å². The summed E-state index contributed by atoms with van der Waals surface area (Å²) in [5.74, 6) is 0. The van der Waals surface area contributed by atoms with Crippen LogP contribution in [0.1, 0.15) is 25.7 Å². The van der Waals surface area contributed by atoms with E-state index in [2.05, 4.69) is 16.8 Å². The summed E-state index contributed by atoms with van der Waals surface area (Å²) in [5, 5.41) is 3.58. The van der Waals surface area contributed by atoms with Crippen LogP contribution in [-0.2, 0) is 4.74 Å². The average molecular weight is 224 g/mol. The van der Waals surface area contributed by atoms with Gasteiger partial charge in [-0.15, -0.1) is 6.58 Å². The highest BCUT2D eigenvalue weighted by molar-refractivity contribution is 4.91. The van der Waals surface area contributed by atoms with E-state index in [9.17, 15) is 0 Å². The summed E-state index contributed by atoms with van der Waals surface area (Å²) in [6.45, 7) is 8.83. The fourth-order valence-corrected chi connectivity index (χ4v) is 2.33. The van der Waals surface area contributed by atoms with E-state index in [1.54, 1.807) is 0 Å². The largest absolute Gasteiger partial charge is 0.380 e. The molecule has 0 aromatic carbocycles. The molecule has 0 aromatic rings. The molecule has 2 fully saturated rings. The van der Waals surface area contributed by atoms with Crippen molar-refractivity contribution < 1.29 is 4.74 Å². The Labute approximate surface area is 98.8 Å². The third-order valence-corrected chi connectivity index (χ3v) is 3.43. The zero-order valence-electron chi connectivity index (χ0n) is 10.2. The molecular formula is C13H24N2O. The van der Waals surface area contributed by atoms with Gasteiger partial charge in [-0.3, -0.25) is 4.90 Å². The molecule has 3 heteroatoms. The monoisotopic (exact) mass is 224 g/mol. The highest BCUT2D eigenvalue weighted by Crippen LogP contribution is 2.29. The molecule has 16 heavy (non-hydrogen) atoms. The second kappa shape index (κ2) is 6.38. The molecule has 3 nitrogen and oxygen atoms in total. The number of hydrogen-bond donors (Lipinski definition) is 1. The Morgan fingerprint density at radius 3 is 2.94 bits per heavy atom. The van der Waals surface area contributed by atoms with Gasteiger partial charge in [-0.2, -0.15) is 0 Å². The van der Waals surface area contributed by atoms with Crippen LogP contribution in [0, 0.1) is 0 Å². The first kappa shape index (κ1) is 12.1. The van der Waals surface area contributed by atoms with E-state index in [0.29, 0.717) is 6.04 Å². The summed E-state index contributed by atoms with van der Waals surface area (Å²) in [4.78, 5) is 2.64. The quantitative estimate of drug-likeness (QED) is 0.498. The van der Waals surface area contributed by atoms with Gasteiger partial charge in [0.1, 0.15) is 0 Å². The minimum Gasteiger partial charge on any atom is -0.380 e. The van der Waals surface area contributed by atoms with Crippen LogP contribution in [0.3, 0.4) is 0 Å². The summed E-state index contributed by atoms with van der Waals surface area (Å²) in [6.07, 6.45) is 7.02. The Kier molecular flexibility index (Phi) is 4.82.